The standard InChI is InChI=1S/C23H28N2O5/c1-14(25-20(27)17-7-5-6-8-18(17)21(25)28)22(29)30-13-19(26)24-16-11-9-15(10-12-16)23(2,3)4/h5-6,9-12,14,17-18H,7-8,13H2,1-4H3,(H,24,26)/t14-,17-,18-/m0/s1. The molecule has 0 radical (unpaired) electrons. The number of esters is 1. The van der Waals surface area contributed by atoms with Crippen molar-refractivity contribution in [3.63, 3.8) is 0 Å². The van der Waals surface area contributed by atoms with Gasteiger partial charge in [0.2, 0.25) is 11.8 Å². The normalized spacial score (nSPS) is 21.9. The number of rotatable bonds is 5. The van der Waals surface area contributed by atoms with Crippen LogP contribution in [0.25, 0.3) is 0 Å². The molecule has 3 atom stereocenters. The second-order valence-electron chi connectivity index (χ2n) is 8.86. The molecule has 1 N–H and O–H groups in total. The highest BCUT2D eigenvalue weighted by atomic mass is 16.5. The number of imide groups is 1. The zero-order valence-electron chi connectivity index (χ0n) is 17.8. The summed E-state index contributed by atoms with van der Waals surface area (Å²) in [7, 11) is 0. The van der Waals surface area contributed by atoms with Gasteiger partial charge in [0.15, 0.2) is 6.61 Å². The molecular formula is C23H28N2O5. The Morgan fingerprint density at radius 2 is 1.60 bits per heavy atom. The van der Waals surface area contributed by atoms with Crippen molar-refractivity contribution in [3.05, 3.63) is 42.0 Å². The number of fused-ring (bicyclic) bond motifs is 1. The molecule has 0 bridgehead atoms. The molecule has 1 aliphatic heterocycles. The number of amides is 3. The maximum absolute atomic E-state index is 12.6. The van der Waals surface area contributed by atoms with E-state index in [9.17, 15) is 19.2 Å². The van der Waals surface area contributed by atoms with Crippen LogP contribution in [0.3, 0.4) is 0 Å². The van der Waals surface area contributed by atoms with Crippen LogP contribution in [0.5, 0.6) is 0 Å². The first-order chi connectivity index (χ1) is 14.1. The average molecular weight is 412 g/mol. The van der Waals surface area contributed by atoms with Gasteiger partial charge in [0.25, 0.3) is 5.91 Å². The van der Waals surface area contributed by atoms with Gasteiger partial charge >= 0.3 is 5.97 Å². The van der Waals surface area contributed by atoms with Crippen molar-refractivity contribution in [2.45, 2.75) is 52.0 Å². The highest BCUT2D eigenvalue weighted by Gasteiger charge is 2.50. The quantitative estimate of drug-likeness (QED) is 0.456. The minimum Gasteiger partial charge on any atom is -0.454 e. The number of ether oxygens (including phenoxy) is 1. The van der Waals surface area contributed by atoms with Crippen LogP contribution in [0.2, 0.25) is 0 Å². The topological polar surface area (TPSA) is 92.8 Å². The molecular weight excluding hydrogens is 384 g/mol. The number of carbonyl (C=O) groups is 4. The molecule has 1 aromatic carbocycles. The highest BCUT2D eigenvalue weighted by molar-refractivity contribution is 6.08. The number of allylic oxidation sites excluding steroid dienone is 2. The maximum atomic E-state index is 12.6. The van der Waals surface area contributed by atoms with Gasteiger partial charge < -0.3 is 10.1 Å². The first kappa shape index (κ1) is 21.7. The summed E-state index contributed by atoms with van der Waals surface area (Å²) in [5.74, 6) is -2.77. The number of nitrogens with one attached hydrogen (secondary N) is 1. The first-order valence-corrected chi connectivity index (χ1v) is 10.2. The summed E-state index contributed by atoms with van der Waals surface area (Å²) in [6.45, 7) is 7.26. The molecule has 1 fully saturated rings. The molecule has 1 heterocycles. The zero-order chi connectivity index (χ0) is 22.1. The third kappa shape index (κ3) is 4.45. The predicted molar refractivity (Wildman–Crippen MR) is 111 cm³/mol. The first-order valence-electron chi connectivity index (χ1n) is 10.2. The Morgan fingerprint density at radius 1 is 1.07 bits per heavy atom. The fraction of sp³-hybridized carbons (Fsp3) is 0.478. The lowest BCUT2D eigenvalue weighted by Crippen LogP contribution is -2.45. The van der Waals surface area contributed by atoms with Gasteiger partial charge in [0.05, 0.1) is 11.8 Å². The molecule has 0 saturated carbocycles. The lowest BCUT2D eigenvalue weighted by Gasteiger charge is -2.21. The molecule has 0 spiro atoms. The Balaban J connectivity index is 1.53. The van der Waals surface area contributed by atoms with Gasteiger partial charge in [-0.1, -0.05) is 45.1 Å². The smallest absolute Gasteiger partial charge is 0.329 e. The van der Waals surface area contributed by atoms with E-state index in [1.54, 1.807) is 12.1 Å². The Labute approximate surface area is 176 Å². The number of carbonyl (C=O) groups excluding carboxylic acids is 4. The van der Waals surface area contributed by atoms with Crippen LogP contribution in [-0.2, 0) is 29.3 Å². The second kappa shape index (κ2) is 8.42. The summed E-state index contributed by atoms with van der Waals surface area (Å²) in [4.78, 5) is 50.6. The van der Waals surface area contributed by atoms with E-state index in [4.69, 9.17) is 4.74 Å². The molecule has 3 rings (SSSR count). The van der Waals surface area contributed by atoms with Crippen LogP contribution in [0.1, 0.15) is 46.1 Å². The molecule has 1 saturated heterocycles. The van der Waals surface area contributed by atoms with Gasteiger partial charge in [-0.2, -0.15) is 0 Å². The summed E-state index contributed by atoms with van der Waals surface area (Å²) in [5.41, 5.74) is 1.74. The molecule has 2 aliphatic rings. The number of nitrogens with zero attached hydrogens (tertiary/aromatic N) is 1. The van der Waals surface area contributed by atoms with Crippen molar-refractivity contribution in [2.24, 2.45) is 11.8 Å². The SMILES string of the molecule is C[C@@H](C(=O)OCC(=O)Nc1ccc(C(C)(C)C)cc1)N1C(=O)[C@H]2CC=CC[C@@H]2C1=O. The third-order valence-electron chi connectivity index (χ3n) is 5.65. The second-order valence-corrected chi connectivity index (χ2v) is 8.86. The van der Waals surface area contributed by atoms with Crippen molar-refractivity contribution in [1.29, 1.82) is 0 Å². The van der Waals surface area contributed by atoms with Gasteiger partial charge in [-0.3, -0.25) is 19.3 Å². The van der Waals surface area contributed by atoms with Crippen molar-refractivity contribution >= 4 is 29.4 Å². The lowest BCUT2D eigenvalue weighted by atomic mass is 9.85. The van der Waals surface area contributed by atoms with E-state index in [1.807, 2.05) is 24.3 Å². The van der Waals surface area contributed by atoms with Gasteiger partial charge in [-0.05, 0) is 42.9 Å². The largest absolute Gasteiger partial charge is 0.454 e. The Kier molecular flexibility index (Phi) is 6.10. The van der Waals surface area contributed by atoms with E-state index in [1.165, 1.54) is 6.92 Å². The molecule has 30 heavy (non-hydrogen) atoms. The molecule has 1 aliphatic carbocycles. The van der Waals surface area contributed by atoms with Crippen molar-refractivity contribution in [3.8, 4) is 0 Å². The van der Waals surface area contributed by atoms with E-state index < -0.39 is 36.4 Å². The summed E-state index contributed by atoms with van der Waals surface area (Å²) >= 11 is 0. The van der Waals surface area contributed by atoms with Crippen molar-refractivity contribution in [2.75, 3.05) is 11.9 Å². The van der Waals surface area contributed by atoms with Gasteiger partial charge in [-0.15, -0.1) is 0 Å². The Hall–Kier alpha value is -2.96. The molecule has 0 aromatic heterocycles. The van der Waals surface area contributed by atoms with E-state index in [0.29, 0.717) is 18.5 Å². The van der Waals surface area contributed by atoms with E-state index in [-0.39, 0.29) is 17.2 Å². The predicted octanol–water partition coefficient (Wildman–Crippen LogP) is 2.81. The summed E-state index contributed by atoms with van der Waals surface area (Å²) < 4.78 is 5.07. The summed E-state index contributed by atoms with van der Waals surface area (Å²) in [6.07, 6.45) is 4.78. The van der Waals surface area contributed by atoms with E-state index >= 15 is 0 Å². The fourth-order valence-corrected chi connectivity index (χ4v) is 3.82. The minimum atomic E-state index is -1.06. The Morgan fingerprint density at radius 3 is 2.10 bits per heavy atom. The highest BCUT2D eigenvalue weighted by Crippen LogP contribution is 2.36. The molecule has 7 heteroatoms. The van der Waals surface area contributed by atoms with Gasteiger partial charge in [-0.25, -0.2) is 4.79 Å². The summed E-state index contributed by atoms with van der Waals surface area (Å²) in [5, 5.41) is 2.67. The van der Waals surface area contributed by atoms with E-state index in [0.717, 1.165) is 10.5 Å². The van der Waals surface area contributed by atoms with Crippen LogP contribution in [0.4, 0.5) is 5.69 Å². The zero-order valence-corrected chi connectivity index (χ0v) is 17.8. The van der Waals surface area contributed by atoms with Crippen molar-refractivity contribution in [1.82, 2.24) is 4.90 Å². The number of benzene rings is 1. The van der Waals surface area contributed by atoms with E-state index in [2.05, 4.69) is 26.1 Å². The van der Waals surface area contributed by atoms with Gasteiger partial charge in [0, 0.05) is 5.69 Å². The van der Waals surface area contributed by atoms with Crippen LogP contribution < -0.4 is 5.32 Å². The molecule has 0 unspecified atom stereocenters. The molecule has 3 amide bonds. The fourth-order valence-electron chi connectivity index (χ4n) is 3.82. The monoisotopic (exact) mass is 412 g/mol. The maximum Gasteiger partial charge on any atom is 0.329 e. The molecule has 160 valence electrons. The number of hydrogen-bond acceptors (Lipinski definition) is 5. The number of likely N-dealkylation sites (tertiary alicyclic amines) is 1. The van der Waals surface area contributed by atoms with Gasteiger partial charge in [0.1, 0.15) is 6.04 Å². The number of anilines is 1. The molecule has 1 aromatic rings. The minimum absolute atomic E-state index is 0.00617. The molecule has 7 nitrogen and oxygen atoms in total. The van der Waals surface area contributed by atoms with Crippen molar-refractivity contribution < 1.29 is 23.9 Å². The average Bonchev–Trinajstić information content (AvgIpc) is 2.96. The Bertz CT molecular complexity index is 856. The van der Waals surface area contributed by atoms with Crippen LogP contribution in [0, 0.1) is 11.8 Å². The third-order valence-corrected chi connectivity index (χ3v) is 5.65. The lowest BCUT2D eigenvalue weighted by molar-refractivity contribution is -0.159. The number of hydrogen-bond donors (Lipinski definition) is 1. The van der Waals surface area contributed by atoms with Crippen LogP contribution in [0.15, 0.2) is 36.4 Å². The van der Waals surface area contributed by atoms with Crippen LogP contribution in [-0.4, -0.2) is 41.2 Å². The van der Waals surface area contributed by atoms with Crippen LogP contribution >= 0.6 is 0 Å². The summed E-state index contributed by atoms with van der Waals surface area (Å²) in [6, 6.07) is 6.39.